The van der Waals surface area contributed by atoms with Crippen molar-refractivity contribution in [3.8, 4) is 0 Å². The number of nitrogens with zero attached hydrogens (tertiary/aromatic N) is 2. The normalized spacial score (nSPS) is 17.0. The minimum atomic E-state index is -0.583. The summed E-state index contributed by atoms with van der Waals surface area (Å²) in [7, 11) is 0. The molecule has 5 nitrogen and oxygen atoms in total. The topological polar surface area (TPSA) is 56.7 Å². The lowest BCUT2D eigenvalue weighted by molar-refractivity contribution is -0.127. The molecule has 2 unspecified atom stereocenters. The van der Waals surface area contributed by atoms with Crippen molar-refractivity contribution in [2.75, 3.05) is 32.7 Å². The van der Waals surface area contributed by atoms with Crippen molar-refractivity contribution >= 4 is 35.8 Å². The van der Waals surface area contributed by atoms with Crippen molar-refractivity contribution in [2.45, 2.75) is 32.6 Å². The smallest absolute Gasteiger partial charge is 0.223 e. The maximum atomic E-state index is 14.0. The first-order valence-electron chi connectivity index (χ1n) is 11.2. The molecule has 1 fully saturated rings. The second-order valence-corrected chi connectivity index (χ2v) is 8.31. The number of aliphatic imine (C=N–C) groups is 1. The minimum absolute atomic E-state index is 0. The number of nitrogens with one attached hydrogen (secondary N) is 2. The summed E-state index contributed by atoms with van der Waals surface area (Å²) in [6, 6.07) is 13.8. The lowest BCUT2D eigenvalue weighted by Gasteiger charge is -2.18. The van der Waals surface area contributed by atoms with Gasteiger partial charge in [0.05, 0.1) is 0 Å². The molecule has 3 rings (SSSR count). The molecule has 33 heavy (non-hydrogen) atoms. The van der Waals surface area contributed by atoms with Crippen molar-refractivity contribution in [1.29, 1.82) is 0 Å². The number of likely N-dealkylation sites (tertiary alicyclic amines) is 1. The Bertz CT molecular complexity index is 926. The molecule has 0 radical (unpaired) electrons. The Labute approximate surface area is 212 Å². The summed E-state index contributed by atoms with van der Waals surface area (Å²) in [5.41, 5.74) is 1.68. The van der Waals surface area contributed by atoms with E-state index in [0.29, 0.717) is 37.6 Å². The molecule has 0 saturated carbocycles. The van der Waals surface area contributed by atoms with Crippen LogP contribution in [0.5, 0.6) is 0 Å². The average molecular weight is 570 g/mol. The minimum Gasteiger partial charge on any atom is -0.357 e. The molecule has 1 saturated heterocycles. The van der Waals surface area contributed by atoms with Gasteiger partial charge in [0, 0.05) is 57.0 Å². The average Bonchev–Trinajstić information content (AvgIpc) is 3.14. The molecule has 1 heterocycles. The van der Waals surface area contributed by atoms with Crippen molar-refractivity contribution in [1.82, 2.24) is 15.5 Å². The third-order valence-corrected chi connectivity index (χ3v) is 5.73. The number of carbonyl (C=O) groups excluding carboxylic acids is 1. The van der Waals surface area contributed by atoms with E-state index in [-0.39, 0.29) is 41.7 Å². The summed E-state index contributed by atoms with van der Waals surface area (Å²) in [5, 5.41) is 6.51. The molecular formula is C25H33F2IN4O. The fourth-order valence-electron chi connectivity index (χ4n) is 3.93. The van der Waals surface area contributed by atoms with Gasteiger partial charge in [-0.25, -0.2) is 8.78 Å². The molecule has 1 aliphatic heterocycles. The van der Waals surface area contributed by atoms with E-state index in [1.807, 2.05) is 36.9 Å². The van der Waals surface area contributed by atoms with Crippen LogP contribution in [0.4, 0.5) is 8.78 Å². The van der Waals surface area contributed by atoms with E-state index in [9.17, 15) is 13.6 Å². The molecule has 1 amide bonds. The number of benzene rings is 2. The zero-order valence-corrected chi connectivity index (χ0v) is 21.5. The van der Waals surface area contributed by atoms with Crippen LogP contribution in [0.2, 0.25) is 0 Å². The van der Waals surface area contributed by atoms with Gasteiger partial charge in [-0.05, 0) is 30.5 Å². The predicted octanol–water partition coefficient (Wildman–Crippen LogP) is 4.33. The lowest BCUT2D eigenvalue weighted by Crippen LogP contribution is -2.40. The molecule has 2 aromatic rings. The molecule has 0 spiro atoms. The van der Waals surface area contributed by atoms with Crippen molar-refractivity contribution in [2.24, 2.45) is 10.9 Å². The predicted molar refractivity (Wildman–Crippen MR) is 139 cm³/mol. The van der Waals surface area contributed by atoms with Crippen molar-refractivity contribution in [3.63, 3.8) is 0 Å². The SMILES string of the molecule is CCNC(=NCC(C)c1ccc(F)cc1F)NCC1CC(=O)N(CCc2ccccc2)C1.I. The van der Waals surface area contributed by atoms with Gasteiger partial charge >= 0.3 is 0 Å². The molecule has 8 heteroatoms. The van der Waals surface area contributed by atoms with Crippen LogP contribution in [0.1, 0.15) is 37.3 Å². The number of carbonyl (C=O) groups is 1. The second kappa shape index (κ2) is 13.5. The number of guanidine groups is 1. The lowest BCUT2D eigenvalue weighted by atomic mass is 10.0. The van der Waals surface area contributed by atoms with Gasteiger partial charge in [0.15, 0.2) is 5.96 Å². The largest absolute Gasteiger partial charge is 0.357 e. The molecule has 0 bridgehead atoms. The highest BCUT2D eigenvalue weighted by atomic mass is 127. The summed E-state index contributed by atoms with van der Waals surface area (Å²) >= 11 is 0. The summed E-state index contributed by atoms with van der Waals surface area (Å²) in [6.07, 6.45) is 1.38. The van der Waals surface area contributed by atoms with E-state index in [0.717, 1.165) is 25.6 Å². The van der Waals surface area contributed by atoms with Crippen LogP contribution in [-0.4, -0.2) is 49.5 Å². The van der Waals surface area contributed by atoms with Gasteiger partial charge in [-0.15, -0.1) is 24.0 Å². The van der Waals surface area contributed by atoms with Crippen molar-refractivity contribution < 1.29 is 13.6 Å². The van der Waals surface area contributed by atoms with Gasteiger partial charge in [0.1, 0.15) is 11.6 Å². The molecule has 1 aliphatic rings. The summed E-state index contributed by atoms with van der Waals surface area (Å²) in [5.74, 6) is -0.277. The van der Waals surface area contributed by atoms with Gasteiger partial charge < -0.3 is 15.5 Å². The molecule has 0 aromatic heterocycles. The highest BCUT2D eigenvalue weighted by molar-refractivity contribution is 14.0. The Kier molecular flexibility index (Phi) is 11.0. The Balaban J connectivity index is 0.00000385. The van der Waals surface area contributed by atoms with E-state index in [1.54, 1.807) is 0 Å². The maximum Gasteiger partial charge on any atom is 0.223 e. The number of rotatable bonds is 9. The van der Waals surface area contributed by atoms with E-state index < -0.39 is 11.6 Å². The molecule has 180 valence electrons. The maximum absolute atomic E-state index is 14.0. The fraction of sp³-hybridized carbons (Fsp3) is 0.440. The van der Waals surface area contributed by atoms with Gasteiger partial charge in [0.25, 0.3) is 0 Å². The molecule has 0 aliphatic carbocycles. The van der Waals surface area contributed by atoms with Crippen LogP contribution in [0, 0.1) is 17.6 Å². The van der Waals surface area contributed by atoms with Crippen LogP contribution in [0.3, 0.4) is 0 Å². The third-order valence-electron chi connectivity index (χ3n) is 5.73. The standard InChI is InChI=1S/C25H32F2N4O.HI/c1-3-28-25(29-15-18(2)22-10-9-21(26)14-23(22)27)30-16-20-13-24(32)31(17-20)12-11-19-7-5-4-6-8-19;/h4-10,14,18,20H,3,11-13,15-17H2,1-2H3,(H2,28,29,30);1H. The number of hydrogen-bond acceptors (Lipinski definition) is 2. The molecular weight excluding hydrogens is 537 g/mol. The first kappa shape index (κ1) is 27.0. The Hall–Kier alpha value is -2.23. The van der Waals surface area contributed by atoms with Crippen LogP contribution < -0.4 is 10.6 Å². The quantitative estimate of drug-likeness (QED) is 0.268. The number of amides is 1. The summed E-state index contributed by atoms with van der Waals surface area (Å²) in [4.78, 5) is 18.9. The summed E-state index contributed by atoms with van der Waals surface area (Å²) in [6.45, 7) is 7.00. The van der Waals surface area contributed by atoms with Gasteiger partial charge in [-0.2, -0.15) is 0 Å². The van der Waals surface area contributed by atoms with Crippen molar-refractivity contribution in [3.05, 3.63) is 71.3 Å². The zero-order chi connectivity index (χ0) is 22.9. The van der Waals surface area contributed by atoms with Crippen LogP contribution in [0.25, 0.3) is 0 Å². The Morgan fingerprint density at radius 1 is 1.18 bits per heavy atom. The zero-order valence-electron chi connectivity index (χ0n) is 19.2. The fourth-order valence-corrected chi connectivity index (χ4v) is 3.93. The van der Waals surface area contributed by atoms with E-state index in [4.69, 9.17) is 0 Å². The van der Waals surface area contributed by atoms with E-state index in [2.05, 4.69) is 27.8 Å². The van der Waals surface area contributed by atoms with Gasteiger partial charge in [0.2, 0.25) is 5.91 Å². The molecule has 2 aromatic carbocycles. The first-order chi connectivity index (χ1) is 15.5. The van der Waals surface area contributed by atoms with Crippen LogP contribution in [-0.2, 0) is 11.2 Å². The first-order valence-corrected chi connectivity index (χ1v) is 11.2. The van der Waals surface area contributed by atoms with Gasteiger partial charge in [-0.3, -0.25) is 9.79 Å². The van der Waals surface area contributed by atoms with Crippen LogP contribution >= 0.6 is 24.0 Å². The highest BCUT2D eigenvalue weighted by Crippen LogP contribution is 2.20. The number of halogens is 3. The second-order valence-electron chi connectivity index (χ2n) is 8.31. The highest BCUT2D eigenvalue weighted by Gasteiger charge is 2.29. The molecule has 2 atom stereocenters. The Morgan fingerprint density at radius 3 is 2.64 bits per heavy atom. The number of hydrogen-bond donors (Lipinski definition) is 2. The summed E-state index contributed by atoms with van der Waals surface area (Å²) < 4.78 is 27.2. The van der Waals surface area contributed by atoms with E-state index in [1.165, 1.54) is 17.7 Å². The van der Waals surface area contributed by atoms with E-state index >= 15 is 0 Å². The monoisotopic (exact) mass is 570 g/mol. The van der Waals surface area contributed by atoms with Crippen LogP contribution in [0.15, 0.2) is 53.5 Å². The molecule has 2 N–H and O–H groups in total. The Morgan fingerprint density at radius 2 is 1.94 bits per heavy atom. The third kappa shape index (κ3) is 8.24. The van der Waals surface area contributed by atoms with Gasteiger partial charge in [-0.1, -0.05) is 43.3 Å².